The quantitative estimate of drug-likeness (QED) is 0.732. The average Bonchev–Trinajstić information content (AvgIpc) is 2.81. The van der Waals surface area contributed by atoms with E-state index in [9.17, 15) is 0 Å². The Balaban J connectivity index is 2.17. The molecule has 1 aromatic rings. The summed E-state index contributed by atoms with van der Waals surface area (Å²) in [4.78, 5) is 1.49. The van der Waals surface area contributed by atoms with E-state index < -0.39 is 0 Å². The normalized spacial score (nSPS) is 28.3. The lowest BCUT2D eigenvalue weighted by Gasteiger charge is -2.32. The minimum absolute atomic E-state index is 0.206. The molecular weight excluding hydrogens is 202 g/mol. The minimum Gasteiger partial charge on any atom is -0.198 e. The molecule has 0 saturated heterocycles. The third-order valence-electron chi connectivity index (χ3n) is 3.57. The lowest BCUT2D eigenvalue weighted by Crippen LogP contribution is -2.22. The highest BCUT2D eigenvalue weighted by molar-refractivity contribution is 7.10. The molecular formula is C13H17NS. The summed E-state index contributed by atoms with van der Waals surface area (Å²) in [6.45, 7) is 2.08. The first-order chi connectivity index (χ1) is 7.33. The molecule has 3 atom stereocenters. The lowest BCUT2D eigenvalue weighted by atomic mass is 9.73. The van der Waals surface area contributed by atoms with E-state index in [1.54, 1.807) is 0 Å². The van der Waals surface area contributed by atoms with Gasteiger partial charge in [-0.2, -0.15) is 5.26 Å². The summed E-state index contributed by atoms with van der Waals surface area (Å²) < 4.78 is 0. The number of rotatable bonds is 2. The third kappa shape index (κ3) is 2.23. The molecule has 2 rings (SSSR count). The molecule has 1 fully saturated rings. The van der Waals surface area contributed by atoms with Gasteiger partial charge in [-0.05, 0) is 43.0 Å². The van der Waals surface area contributed by atoms with Crippen LogP contribution in [0.1, 0.15) is 43.4 Å². The van der Waals surface area contributed by atoms with Gasteiger partial charge in [0.05, 0.1) is 6.07 Å². The Morgan fingerprint density at radius 1 is 1.47 bits per heavy atom. The Morgan fingerprint density at radius 3 is 2.93 bits per heavy atom. The van der Waals surface area contributed by atoms with Crippen LogP contribution in [-0.4, -0.2) is 0 Å². The largest absolute Gasteiger partial charge is 0.198 e. The second kappa shape index (κ2) is 4.81. The Labute approximate surface area is 95.7 Å². The maximum absolute atomic E-state index is 9.06. The van der Waals surface area contributed by atoms with Crippen molar-refractivity contribution in [3.63, 3.8) is 0 Å². The number of nitrogens with zero attached hydrogens (tertiary/aromatic N) is 1. The van der Waals surface area contributed by atoms with E-state index in [2.05, 4.69) is 30.5 Å². The molecule has 80 valence electrons. The molecule has 1 aliphatic carbocycles. The van der Waals surface area contributed by atoms with Gasteiger partial charge in [-0.3, -0.25) is 0 Å². The standard InChI is InChI=1S/C13H17NS/c1-10(9-14)11-5-2-3-6-12(11)13-7-4-8-15-13/h4,7-8,10-12H,2-3,5-6H2,1H3. The van der Waals surface area contributed by atoms with Crippen LogP contribution >= 0.6 is 11.3 Å². The smallest absolute Gasteiger partial charge is 0.0656 e. The average molecular weight is 219 g/mol. The number of thiophene rings is 1. The third-order valence-corrected chi connectivity index (χ3v) is 4.58. The number of hydrogen-bond donors (Lipinski definition) is 0. The van der Waals surface area contributed by atoms with Crippen LogP contribution in [0.15, 0.2) is 17.5 Å². The van der Waals surface area contributed by atoms with Crippen molar-refractivity contribution in [2.45, 2.75) is 38.5 Å². The Hall–Kier alpha value is -0.810. The van der Waals surface area contributed by atoms with Gasteiger partial charge >= 0.3 is 0 Å². The molecule has 2 heteroatoms. The van der Waals surface area contributed by atoms with Gasteiger partial charge in [0.1, 0.15) is 0 Å². The molecule has 0 radical (unpaired) electrons. The highest BCUT2D eigenvalue weighted by Gasteiger charge is 2.30. The molecule has 0 aromatic carbocycles. The van der Waals surface area contributed by atoms with Crippen LogP contribution in [0.2, 0.25) is 0 Å². The van der Waals surface area contributed by atoms with Crippen molar-refractivity contribution in [1.29, 1.82) is 5.26 Å². The second-order valence-electron chi connectivity index (χ2n) is 4.49. The molecule has 0 spiro atoms. The van der Waals surface area contributed by atoms with Crippen molar-refractivity contribution < 1.29 is 0 Å². The molecule has 3 unspecified atom stereocenters. The molecule has 0 N–H and O–H groups in total. The van der Waals surface area contributed by atoms with Crippen molar-refractivity contribution in [2.75, 3.05) is 0 Å². The van der Waals surface area contributed by atoms with Gasteiger partial charge in [0.2, 0.25) is 0 Å². The SMILES string of the molecule is CC(C#N)C1CCCCC1c1cccs1. The molecule has 0 bridgehead atoms. The summed E-state index contributed by atoms with van der Waals surface area (Å²) in [6.07, 6.45) is 5.14. The van der Waals surface area contributed by atoms with Crippen LogP contribution in [0.3, 0.4) is 0 Å². The van der Waals surface area contributed by atoms with Gasteiger partial charge in [-0.25, -0.2) is 0 Å². The van der Waals surface area contributed by atoms with E-state index in [0.29, 0.717) is 11.8 Å². The predicted molar refractivity (Wildman–Crippen MR) is 63.8 cm³/mol. The van der Waals surface area contributed by atoms with Crippen LogP contribution in [0.5, 0.6) is 0 Å². The molecule has 1 aliphatic rings. The van der Waals surface area contributed by atoms with Gasteiger partial charge in [0.25, 0.3) is 0 Å². The van der Waals surface area contributed by atoms with Crippen molar-refractivity contribution in [2.24, 2.45) is 11.8 Å². The molecule has 1 heterocycles. The summed E-state index contributed by atoms with van der Waals surface area (Å²) in [5, 5.41) is 11.2. The van der Waals surface area contributed by atoms with Gasteiger partial charge in [-0.1, -0.05) is 18.9 Å². The van der Waals surface area contributed by atoms with Gasteiger partial charge in [-0.15, -0.1) is 11.3 Å². The van der Waals surface area contributed by atoms with Crippen molar-refractivity contribution in [3.8, 4) is 6.07 Å². The summed E-state index contributed by atoms with van der Waals surface area (Å²) >= 11 is 1.85. The molecule has 15 heavy (non-hydrogen) atoms. The fraction of sp³-hybridized carbons (Fsp3) is 0.615. The Morgan fingerprint density at radius 2 is 2.27 bits per heavy atom. The zero-order valence-corrected chi connectivity index (χ0v) is 9.96. The minimum atomic E-state index is 0.206. The van der Waals surface area contributed by atoms with E-state index in [1.807, 2.05) is 11.3 Å². The monoisotopic (exact) mass is 219 g/mol. The first-order valence-corrected chi connectivity index (χ1v) is 6.64. The highest BCUT2D eigenvalue weighted by Crippen LogP contribution is 2.42. The second-order valence-corrected chi connectivity index (χ2v) is 5.47. The summed E-state index contributed by atoms with van der Waals surface area (Å²) in [5.41, 5.74) is 0. The van der Waals surface area contributed by atoms with Crippen LogP contribution in [-0.2, 0) is 0 Å². The fourth-order valence-corrected chi connectivity index (χ4v) is 3.65. The lowest BCUT2D eigenvalue weighted by molar-refractivity contribution is 0.263. The van der Waals surface area contributed by atoms with Gasteiger partial charge in [0.15, 0.2) is 0 Å². The summed E-state index contributed by atoms with van der Waals surface area (Å²) in [6, 6.07) is 6.79. The zero-order chi connectivity index (χ0) is 10.7. The topological polar surface area (TPSA) is 23.8 Å². The zero-order valence-electron chi connectivity index (χ0n) is 9.15. The molecule has 1 nitrogen and oxygen atoms in total. The summed E-state index contributed by atoms with van der Waals surface area (Å²) in [7, 11) is 0. The van der Waals surface area contributed by atoms with E-state index in [-0.39, 0.29) is 5.92 Å². The van der Waals surface area contributed by atoms with E-state index in [1.165, 1.54) is 30.6 Å². The molecule has 1 saturated carbocycles. The van der Waals surface area contributed by atoms with Gasteiger partial charge in [0, 0.05) is 10.8 Å². The Kier molecular flexibility index (Phi) is 3.43. The van der Waals surface area contributed by atoms with Crippen LogP contribution in [0, 0.1) is 23.2 Å². The number of hydrogen-bond acceptors (Lipinski definition) is 2. The first kappa shape index (κ1) is 10.7. The van der Waals surface area contributed by atoms with Crippen molar-refractivity contribution in [1.82, 2.24) is 0 Å². The van der Waals surface area contributed by atoms with E-state index in [4.69, 9.17) is 5.26 Å². The Bertz CT molecular complexity index is 336. The summed E-state index contributed by atoms with van der Waals surface area (Å²) in [5.74, 6) is 1.44. The fourth-order valence-electron chi connectivity index (χ4n) is 2.71. The number of nitriles is 1. The van der Waals surface area contributed by atoms with Crippen molar-refractivity contribution in [3.05, 3.63) is 22.4 Å². The van der Waals surface area contributed by atoms with E-state index >= 15 is 0 Å². The molecule has 0 aliphatic heterocycles. The predicted octanol–water partition coefficient (Wildman–Crippen LogP) is 4.18. The molecule has 1 aromatic heterocycles. The highest BCUT2D eigenvalue weighted by atomic mass is 32.1. The maximum Gasteiger partial charge on any atom is 0.0656 e. The van der Waals surface area contributed by atoms with Crippen LogP contribution in [0.25, 0.3) is 0 Å². The van der Waals surface area contributed by atoms with Crippen LogP contribution in [0.4, 0.5) is 0 Å². The van der Waals surface area contributed by atoms with E-state index in [0.717, 1.165) is 0 Å². The van der Waals surface area contributed by atoms with Crippen LogP contribution < -0.4 is 0 Å². The first-order valence-electron chi connectivity index (χ1n) is 5.76. The van der Waals surface area contributed by atoms with Crippen molar-refractivity contribution >= 4 is 11.3 Å². The van der Waals surface area contributed by atoms with Gasteiger partial charge < -0.3 is 0 Å². The maximum atomic E-state index is 9.06. The molecule has 0 amide bonds.